The number of halogens is 1. The number of aliphatic imine (C=N–C) groups is 1. The van der Waals surface area contributed by atoms with Crippen molar-refractivity contribution in [3.8, 4) is 5.75 Å². The zero-order valence-electron chi connectivity index (χ0n) is 16.8. The number of hydrogen-bond donors (Lipinski definition) is 2. The van der Waals surface area contributed by atoms with E-state index in [4.69, 9.17) is 4.74 Å². The summed E-state index contributed by atoms with van der Waals surface area (Å²) in [6.45, 7) is 9.99. The molecule has 2 rings (SSSR count). The van der Waals surface area contributed by atoms with Crippen molar-refractivity contribution < 1.29 is 4.74 Å². The van der Waals surface area contributed by atoms with Gasteiger partial charge in [-0.25, -0.2) is 4.98 Å². The Labute approximate surface area is 184 Å². The molecule has 0 fully saturated rings. The number of nitrogens with zero attached hydrogens (tertiary/aromatic N) is 2. The maximum Gasteiger partial charge on any atom is 0.191 e. The molecular formula is C20H31IN4OS. The van der Waals surface area contributed by atoms with E-state index < -0.39 is 0 Å². The van der Waals surface area contributed by atoms with E-state index in [9.17, 15) is 0 Å². The first-order chi connectivity index (χ1) is 12.5. The quantitative estimate of drug-likeness (QED) is 0.316. The van der Waals surface area contributed by atoms with E-state index in [1.807, 2.05) is 19.1 Å². The summed E-state index contributed by atoms with van der Waals surface area (Å²) >= 11 is 1.69. The molecule has 0 amide bonds. The number of rotatable bonds is 8. The Bertz CT molecular complexity index is 700. The molecule has 0 spiro atoms. The minimum atomic E-state index is 0. The summed E-state index contributed by atoms with van der Waals surface area (Å²) in [5.74, 6) is 2.23. The van der Waals surface area contributed by atoms with E-state index in [0.29, 0.717) is 5.92 Å². The highest BCUT2D eigenvalue weighted by Gasteiger charge is 2.08. The topological polar surface area (TPSA) is 58.5 Å². The van der Waals surface area contributed by atoms with E-state index >= 15 is 0 Å². The zero-order chi connectivity index (χ0) is 18.9. The molecule has 0 radical (unpaired) electrons. The molecule has 0 saturated heterocycles. The fourth-order valence-electron chi connectivity index (χ4n) is 2.43. The molecule has 0 aliphatic heterocycles. The molecule has 0 aliphatic rings. The number of guanidine groups is 1. The van der Waals surface area contributed by atoms with Crippen molar-refractivity contribution in [2.45, 2.75) is 40.2 Å². The highest BCUT2D eigenvalue weighted by atomic mass is 127. The van der Waals surface area contributed by atoms with Crippen LogP contribution in [0.4, 0.5) is 0 Å². The second kappa shape index (κ2) is 12.2. The van der Waals surface area contributed by atoms with Crippen LogP contribution in [0.15, 0.2) is 34.6 Å². The summed E-state index contributed by atoms with van der Waals surface area (Å²) in [6, 6.07) is 8.40. The Balaban J connectivity index is 0.00000364. The Morgan fingerprint density at radius 3 is 2.48 bits per heavy atom. The molecule has 2 N–H and O–H groups in total. The molecule has 1 atom stereocenters. The van der Waals surface area contributed by atoms with Gasteiger partial charge in [0.2, 0.25) is 0 Å². The summed E-state index contributed by atoms with van der Waals surface area (Å²) in [6.07, 6.45) is 0.890. The summed E-state index contributed by atoms with van der Waals surface area (Å²) in [5.41, 5.74) is 2.32. The number of aromatic nitrogens is 1. The van der Waals surface area contributed by atoms with Gasteiger partial charge in [0.25, 0.3) is 0 Å². The van der Waals surface area contributed by atoms with Crippen LogP contribution in [0.25, 0.3) is 0 Å². The predicted molar refractivity (Wildman–Crippen MR) is 126 cm³/mol. The van der Waals surface area contributed by atoms with E-state index in [2.05, 4.69) is 58.9 Å². The second-order valence-electron chi connectivity index (χ2n) is 6.75. The zero-order valence-corrected chi connectivity index (χ0v) is 19.9. The van der Waals surface area contributed by atoms with Crippen LogP contribution >= 0.6 is 35.3 Å². The average Bonchev–Trinajstić information content (AvgIpc) is 3.04. The lowest BCUT2D eigenvalue weighted by Gasteiger charge is -2.18. The van der Waals surface area contributed by atoms with E-state index in [1.165, 1.54) is 5.56 Å². The van der Waals surface area contributed by atoms with Crippen molar-refractivity contribution in [2.24, 2.45) is 10.9 Å². The minimum absolute atomic E-state index is 0. The minimum Gasteiger partial charge on any atom is -0.493 e. The molecule has 2 aromatic rings. The summed E-state index contributed by atoms with van der Waals surface area (Å²) in [4.78, 5) is 8.79. The molecule has 1 aromatic heterocycles. The maximum atomic E-state index is 5.74. The van der Waals surface area contributed by atoms with Crippen LogP contribution < -0.4 is 15.4 Å². The SMILES string of the molecule is CN=C(NCCc1csc(C)n1)NC(C)c1ccc(OCC(C)C)cc1.I. The van der Waals surface area contributed by atoms with Gasteiger partial charge in [0.1, 0.15) is 5.75 Å². The highest BCUT2D eigenvalue weighted by Crippen LogP contribution is 2.18. The third kappa shape index (κ3) is 8.47. The third-order valence-corrected chi connectivity index (χ3v) is 4.70. The maximum absolute atomic E-state index is 5.74. The van der Waals surface area contributed by atoms with Gasteiger partial charge in [0.05, 0.1) is 23.4 Å². The van der Waals surface area contributed by atoms with Gasteiger partial charge < -0.3 is 15.4 Å². The van der Waals surface area contributed by atoms with Crippen LogP contribution in [0.3, 0.4) is 0 Å². The molecule has 0 bridgehead atoms. The normalized spacial score (nSPS) is 12.4. The number of benzene rings is 1. The van der Waals surface area contributed by atoms with Gasteiger partial charge >= 0.3 is 0 Å². The smallest absolute Gasteiger partial charge is 0.191 e. The van der Waals surface area contributed by atoms with Crippen molar-refractivity contribution in [3.05, 3.63) is 45.9 Å². The lowest BCUT2D eigenvalue weighted by atomic mass is 10.1. The van der Waals surface area contributed by atoms with Gasteiger partial charge in [0, 0.05) is 25.4 Å². The number of ether oxygens (including phenoxy) is 1. The fraction of sp³-hybridized carbons (Fsp3) is 0.500. The van der Waals surface area contributed by atoms with Crippen LogP contribution in [0, 0.1) is 12.8 Å². The molecule has 27 heavy (non-hydrogen) atoms. The second-order valence-corrected chi connectivity index (χ2v) is 7.81. The van der Waals surface area contributed by atoms with Crippen LogP contribution in [-0.2, 0) is 6.42 Å². The van der Waals surface area contributed by atoms with Gasteiger partial charge in [0.15, 0.2) is 5.96 Å². The summed E-state index contributed by atoms with van der Waals surface area (Å²) < 4.78 is 5.74. The Kier molecular flexibility index (Phi) is 10.7. The highest BCUT2D eigenvalue weighted by molar-refractivity contribution is 14.0. The van der Waals surface area contributed by atoms with E-state index in [-0.39, 0.29) is 30.0 Å². The lowest BCUT2D eigenvalue weighted by molar-refractivity contribution is 0.271. The van der Waals surface area contributed by atoms with Crippen LogP contribution in [0.1, 0.15) is 43.1 Å². The monoisotopic (exact) mass is 502 g/mol. The standard InChI is InChI=1S/C20H30N4OS.HI/c1-14(2)12-25-19-8-6-17(7-9-19)15(3)23-20(21-5)22-11-10-18-13-26-16(4)24-18;/h6-9,13-15H,10-12H2,1-5H3,(H2,21,22,23);1H. The molecule has 0 saturated carbocycles. The molecule has 1 heterocycles. The Morgan fingerprint density at radius 2 is 1.93 bits per heavy atom. The molecule has 0 aliphatic carbocycles. The van der Waals surface area contributed by atoms with Crippen LogP contribution in [0.2, 0.25) is 0 Å². The Morgan fingerprint density at radius 1 is 1.22 bits per heavy atom. The van der Waals surface area contributed by atoms with Crippen molar-refractivity contribution in [2.75, 3.05) is 20.2 Å². The summed E-state index contributed by atoms with van der Waals surface area (Å²) in [7, 11) is 1.79. The number of aryl methyl sites for hydroxylation is 1. The van der Waals surface area contributed by atoms with Gasteiger partial charge in [-0.05, 0) is 37.5 Å². The predicted octanol–water partition coefficient (Wildman–Crippen LogP) is 4.57. The first kappa shape index (κ1) is 23.7. The largest absolute Gasteiger partial charge is 0.493 e. The first-order valence-electron chi connectivity index (χ1n) is 9.09. The number of nitrogens with one attached hydrogen (secondary N) is 2. The van der Waals surface area contributed by atoms with Crippen molar-refractivity contribution >= 4 is 41.3 Å². The average molecular weight is 502 g/mol. The summed E-state index contributed by atoms with van der Waals surface area (Å²) in [5, 5.41) is 9.99. The lowest BCUT2D eigenvalue weighted by Crippen LogP contribution is -2.39. The van der Waals surface area contributed by atoms with Gasteiger partial charge in [-0.2, -0.15) is 0 Å². The van der Waals surface area contributed by atoms with Gasteiger partial charge in [-0.1, -0.05) is 26.0 Å². The van der Waals surface area contributed by atoms with Gasteiger partial charge in [-0.3, -0.25) is 4.99 Å². The molecule has 150 valence electrons. The van der Waals surface area contributed by atoms with Crippen molar-refractivity contribution in [1.82, 2.24) is 15.6 Å². The van der Waals surface area contributed by atoms with Crippen molar-refractivity contribution in [3.63, 3.8) is 0 Å². The van der Waals surface area contributed by atoms with Crippen LogP contribution in [-0.4, -0.2) is 31.1 Å². The molecule has 1 aromatic carbocycles. The third-order valence-electron chi connectivity index (χ3n) is 3.88. The molecule has 5 nitrogen and oxygen atoms in total. The Hall–Kier alpha value is -1.35. The fourth-order valence-corrected chi connectivity index (χ4v) is 3.08. The van der Waals surface area contributed by atoms with Crippen molar-refractivity contribution in [1.29, 1.82) is 0 Å². The number of thiazole rings is 1. The number of hydrogen-bond acceptors (Lipinski definition) is 4. The first-order valence-corrected chi connectivity index (χ1v) is 9.97. The molecule has 7 heteroatoms. The van der Waals surface area contributed by atoms with Crippen LogP contribution in [0.5, 0.6) is 5.75 Å². The van der Waals surface area contributed by atoms with E-state index in [0.717, 1.165) is 42.0 Å². The molecule has 1 unspecified atom stereocenters. The van der Waals surface area contributed by atoms with E-state index in [1.54, 1.807) is 18.4 Å². The molecular weight excluding hydrogens is 471 g/mol. The van der Waals surface area contributed by atoms with Gasteiger partial charge in [-0.15, -0.1) is 35.3 Å².